The molecule has 0 unspecified atom stereocenters. The summed E-state index contributed by atoms with van der Waals surface area (Å²) in [6.45, 7) is 0. The van der Waals surface area contributed by atoms with E-state index in [0.717, 1.165) is 46.6 Å². The first-order valence-electron chi connectivity index (χ1n) is 7.28. The summed E-state index contributed by atoms with van der Waals surface area (Å²) in [7, 11) is 3.25. The average molecular weight is 294 g/mol. The number of allylic oxidation sites excluding steroid dienone is 1. The Hall–Kier alpha value is -2.55. The Morgan fingerprint density at radius 2 is 1.82 bits per heavy atom. The molecule has 0 heterocycles. The van der Waals surface area contributed by atoms with E-state index >= 15 is 0 Å². The number of carbonyl (C=O) groups is 1. The summed E-state index contributed by atoms with van der Waals surface area (Å²) < 4.78 is 10.6. The smallest absolute Gasteiger partial charge is 0.189 e. The molecule has 0 saturated carbocycles. The molecule has 0 radical (unpaired) electrons. The molecule has 112 valence electrons. The van der Waals surface area contributed by atoms with Gasteiger partial charge in [0.25, 0.3) is 0 Å². The molecule has 3 nitrogen and oxygen atoms in total. The Labute approximate surface area is 130 Å². The third-order valence-corrected chi connectivity index (χ3v) is 3.98. The van der Waals surface area contributed by atoms with Crippen molar-refractivity contribution in [3.05, 3.63) is 64.7 Å². The van der Waals surface area contributed by atoms with E-state index in [-0.39, 0.29) is 5.78 Å². The van der Waals surface area contributed by atoms with Gasteiger partial charge in [-0.3, -0.25) is 4.79 Å². The maximum absolute atomic E-state index is 12.6. The van der Waals surface area contributed by atoms with Crippen LogP contribution in [0.3, 0.4) is 0 Å². The Balaban J connectivity index is 2.01. The van der Waals surface area contributed by atoms with Crippen LogP contribution in [0.4, 0.5) is 0 Å². The molecule has 3 rings (SSSR count). The van der Waals surface area contributed by atoms with E-state index < -0.39 is 0 Å². The SMILES string of the molecule is COc1ccc(OC)c(/C=C2\CCc3ccccc3C2=O)c1. The number of hydrogen-bond acceptors (Lipinski definition) is 3. The van der Waals surface area contributed by atoms with Crippen molar-refractivity contribution in [2.45, 2.75) is 12.8 Å². The fourth-order valence-electron chi connectivity index (χ4n) is 2.79. The maximum atomic E-state index is 12.6. The van der Waals surface area contributed by atoms with Gasteiger partial charge in [0, 0.05) is 16.7 Å². The molecular formula is C19H18O3. The second kappa shape index (κ2) is 6.06. The largest absolute Gasteiger partial charge is 0.497 e. The zero-order valence-electron chi connectivity index (χ0n) is 12.8. The van der Waals surface area contributed by atoms with Crippen LogP contribution in [0, 0.1) is 0 Å². The summed E-state index contributed by atoms with van der Waals surface area (Å²) in [4.78, 5) is 12.6. The first kappa shape index (κ1) is 14.4. The van der Waals surface area contributed by atoms with Crippen molar-refractivity contribution in [1.29, 1.82) is 0 Å². The van der Waals surface area contributed by atoms with Gasteiger partial charge in [-0.1, -0.05) is 24.3 Å². The Kier molecular flexibility index (Phi) is 3.96. The van der Waals surface area contributed by atoms with E-state index in [9.17, 15) is 4.79 Å². The zero-order valence-corrected chi connectivity index (χ0v) is 12.8. The lowest BCUT2D eigenvalue weighted by atomic mass is 9.86. The molecule has 0 spiro atoms. The highest BCUT2D eigenvalue weighted by Crippen LogP contribution is 2.30. The summed E-state index contributed by atoms with van der Waals surface area (Å²) in [5.41, 5.74) is 3.61. The highest BCUT2D eigenvalue weighted by molar-refractivity contribution is 6.13. The molecule has 0 aromatic heterocycles. The molecule has 2 aromatic rings. The molecule has 0 N–H and O–H groups in total. The first-order chi connectivity index (χ1) is 10.7. The van der Waals surface area contributed by atoms with Crippen molar-refractivity contribution < 1.29 is 14.3 Å². The van der Waals surface area contributed by atoms with Crippen molar-refractivity contribution >= 4 is 11.9 Å². The van der Waals surface area contributed by atoms with Crippen LogP contribution in [0.5, 0.6) is 11.5 Å². The minimum atomic E-state index is 0.103. The molecule has 0 amide bonds. The first-order valence-corrected chi connectivity index (χ1v) is 7.28. The number of Topliss-reactive ketones (excluding diaryl/α,β-unsaturated/α-hetero) is 1. The average Bonchev–Trinajstić information content (AvgIpc) is 2.57. The molecule has 2 aromatic carbocycles. The van der Waals surface area contributed by atoms with Crippen LogP contribution in [0.1, 0.15) is 27.9 Å². The second-order valence-electron chi connectivity index (χ2n) is 5.26. The van der Waals surface area contributed by atoms with Gasteiger partial charge in [0.05, 0.1) is 14.2 Å². The van der Waals surface area contributed by atoms with Crippen LogP contribution in [0.15, 0.2) is 48.0 Å². The van der Waals surface area contributed by atoms with E-state index in [0.29, 0.717) is 0 Å². The van der Waals surface area contributed by atoms with Crippen LogP contribution in [0.25, 0.3) is 6.08 Å². The fraction of sp³-hybridized carbons (Fsp3) is 0.211. The highest BCUT2D eigenvalue weighted by Gasteiger charge is 2.21. The number of aryl methyl sites for hydroxylation is 1. The van der Waals surface area contributed by atoms with Crippen molar-refractivity contribution in [3.63, 3.8) is 0 Å². The number of benzene rings is 2. The quantitative estimate of drug-likeness (QED) is 0.805. The summed E-state index contributed by atoms with van der Waals surface area (Å²) in [5.74, 6) is 1.59. The number of rotatable bonds is 3. The van der Waals surface area contributed by atoms with Gasteiger partial charge in [0.1, 0.15) is 11.5 Å². The molecule has 3 heteroatoms. The third-order valence-electron chi connectivity index (χ3n) is 3.98. The molecule has 0 atom stereocenters. The van der Waals surface area contributed by atoms with E-state index in [1.807, 2.05) is 48.5 Å². The van der Waals surface area contributed by atoms with E-state index in [1.165, 1.54) is 0 Å². The Bertz CT molecular complexity index is 744. The molecule has 0 saturated heterocycles. The lowest BCUT2D eigenvalue weighted by molar-refractivity contribution is 0.102. The zero-order chi connectivity index (χ0) is 15.5. The highest BCUT2D eigenvalue weighted by atomic mass is 16.5. The van der Waals surface area contributed by atoms with Gasteiger partial charge in [-0.15, -0.1) is 0 Å². The lowest BCUT2D eigenvalue weighted by Gasteiger charge is -2.17. The predicted octanol–water partition coefficient (Wildman–Crippen LogP) is 3.92. The van der Waals surface area contributed by atoms with Crippen LogP contribution >= 0.6 is 0 Å². The summed E-state index contributed by atoms with van der Waals surface area (Å²) in [5, 5.41) is 0. The van der Waals surface area contributed by atoms with Gasteiger partial charge in [-0.05, 0) is 42.7 Å². The molecule has 22 heavy (non-hydrogen) atoms. The minimum absolute atomic E-state index is 0.103. The summed E-state index contributed by atoms with van der Waals surface area (Å²) >= 11 is 0. The van der Waals surface area contributed by atoms with Crippen LogP contribution in [-0.4, -0.2) is 20.0 Å². The lowest BCUT2D eigenvalue weighted by Crippen LogP contribution is -2.13. The van der Waals surface area contributed by atoms with Crippen molar-refractivity contribution in [2.75, 3.05) is 14.2 Å². The fourth-order valence-corrected chi connectivity index (χ4v) is 2.79. The molecule has 1 aliphatic rings. The van der Waals surface area contributed by atoms with E-state index in [2.05, 4.69) is 0 Å². The number of methoxy groups -OCH3 is 2. The number of carbonyl (C=O) groups excluding carboxylic acids is 1. The molecular weight excluding hydrogens is 276 g/mol. The van der Waals surface area contributed by atoms with Crippen molar-refractivity contribution in [2.24, 2.45) is 0 Å². The van der Waals surface area contributed by atoms with Crippen LogP contribution < -0.4 is 9.47 Å². The summed E-state index contributed by atoms with van der Waals surface area (Å²) in [6.07, 6.45) is 3.55. The number of ketones is 1. The maximum Gasteiger partial charge on any atom is 0.189 e. The van der Waals surface area contributed by atoms with Gasteiger partial charge in [-0.2, -0.15) is 0 Å². The van der Waals surface area contributed by atoms with Crippen molar-refractivity contribution in [3.8, 4) is 11.5 Å². The van der Waals surface area contributed by atoms with Crippen molar-refractivity contribution in [1.82, 2.24) is 0 Å². The van der Waals surface area contributed by atoms with Gasteiger partial charge < -0.3 is 9.47 Å². The molecule has 0 fully saturated rings. The number of ether oxygens (including phenoxy) is 2. The summed E-state index contributed by atoms with van der Waals surface area (Å²) in [6, 6.07) is 13.4. The van der Waals surface area contributed by atoms with Gasteiger partial charge in [0.15, 0.2) is 5.78 Å². The van der Waals surface area contributed by atoms with E-state index in [1.54, 1.807) is 14.2 Å². The Morgan fingerprint density at radius 1 is 1.00 bits per heavy atom. The van der Waals surface area contributed by atoms with Gasteiger partial charge >= 0.3 is 0 Å². The predicted molar refractivity (Wildman–Crippen MR) is 86.6 cm³/mol. The normalized spacial score (nSPS) is 15.5. The van der Waals surface area contributed by atoms with Crippen LogP contribution in [0.2, 0.25) is 0 Å². The number of fused-ring (bicyclic) bond motifs is 1. The Morgan fingerprint density at radius 3 is 2.59 bits per heavy atom. The van der Waals surface area contributed by atoms with Gasteiger partial charge in [0.2, 0.25) is 0 Å². The minimum Gasteiger partial charge on any atom is -0.497 e. The molecule has 1 aliphatic carbocycles. The third kappa shape index (κ3) is 2.62. The van der Waals surface area contributed by atoms with Gasteiger partial charge in [-0.25, -0.2) is 0 Å². The second-order valence-corrected chi connectivity index (χ2v) is 5.26. The number of hydrogen-bond donors (Lipinski definition) is 0. The topological polar surface area (TPSA) is 35.5 Å². The monoisotopic (exact) mass is 294 g/mol. The van der Waals surface area contributed by atoms with Crippen LogP contribution in [-0.2, 0) is 6.42 Å². The van der Waals surface area contributed by atoms with E-state index in [4.69, 9.17) is 9.47 Å². The molecule has 0 aliphatic heterocycles. The molecule has 0 bridgehead atoms. The standard InChI is InChI=1S/C19H18O3/c1-21-16-9-10-18(22-2)15(12-16)11-14-8-7-13-5-3-4-6-17(13)19(14)20/h3-6,9-12H,7-8H2,1-2H3/b14-11+.